The molecule has 12 heteroatoms. The number of halogens is 4. The van der Waals surface area contributed by atoms with Crippen molar-refractivity contribution in [3.63, 3.8) is 0 Å². The fraction of sp³-hybridized carbons (Fsp3) is 0.235. The Kier molecular flexibility index (Phi) is 7.96. The first-order chi connectivity index (χ1) is 22.0. The van der Waals surface area contributed by atoms with E-state index >= 15 is 0 Å². The van der Waals surface area contributed by atoms with Gasteiger partial charge in [0, 0.05) is 46.3 Å². The Morgan fingerprint density at radius 2 is 1.57 bits per heavy atom. The summed E-state index contributed by atoms with van der Waals surface area (Å²) in [5, 5.41) is 6.53. The molecule has 0 bridgehead atoms. The Morgan fingerprint density at radius 1 is 0.870 bits per heavy atom. The molecule has 46 heavy (non-hydrogen) atoms. The lowest BCUT2D eigenvalue weighted by Gasteiger charge is -2.39. The second-order valence-corrected chi connectivity index (χ2v) is 15.6. The molecule has 5 aromatic rings. The highest BCUT2D eigenvalue weighted by molar-refractivity contribution is 8.15. The van der Waals surface area contributed by atoms with Crippen molar-refractivity contribution in [1.82, 2.24) is 19.0 Å². The number of rotatable bonds is 5. The summed E-state index contributed by atoms with van der Waals surface area (Å²) in [6.45, 7) is 5.34. The maximum atomic E-state index is 13.7. The van der Waals surface area contributed by atoms with Crippen LogP contribution in [0.2, 0.25) is 5.02 Å². The van der Waals surface area contributed by atoms with Gasteiger partial charge in [-0.15, -0.1) is 0 Å². The molecule has 0 spiro atoms. The fourth-order valence-electron chi connectivity index (χ4n) is 6.24. The summed E-state index contributed by atoms with van der Waals surface area (Å²) in [6.07, 6.45) is -4.33. The van der Waals surface area contributed by atoms with E-state index in [1.54, 1.807) is 18.2 Å². The predicted octanol–water partition coefficient (Wildman–Crippen LogP) is 9.15. The molecule has 2 aliphatic rings. The highest BCUT2D eigenvalue weighted by Crippen LogP contribution is 2.58. The Labute approximate surface area is 275 Å². The molecular formula is C34H30ClF3N5OPS. The summed E-state index contributed by atoms with van der Waals surface area (Å²) in [6, 6.07) is 24.4. The number of nitrogens with zero attached hydrogens (tertiary/aromatic N) is 5. The van der Waals surface area contributed by atoms with Crippen LogP contribution in [0.4, 0.5) is 19.0 Å². The third-order valence-corrected chi connectivity index (χ3v) is 12.7. The summed E-state index contributed by atoms with van der Waals surface area (Å²) >= 11 is 12.9. The minimum absolute atomic E-state index is 0.413. The summed E-state index contributed by atoms with van der Waals surface area (Å²) in [5.74, 6) is 1.01. The lowest BCUT2D eigenvalue weighted by atomic mass is 10.1. The van der Waals surface area contributed by atoms with Crippen molar-refractivity contribution in [2.75, 3.05) is 13.1 Å². The number of hydrogen-bond donors (Lipinski definition) is 0. The molecule has 6 nitrogen and oxygen atoms in total. The number of para-hydroxylation sites is 1. The number of hydrogen-bond acceptors (Lipinski definition) is 4. The van der Waals surface area contributed by atoms with Gasteiger partial charge in [-0.05, 0) is 99.2 Å². The first-order valence-electron chi connectivity index (χ1n) is 15.0. The molecule has 4 heterocycles. The number of aliphatic imine (C=N–C) groups is 1. The van der Waals surface area contributed by atoms with E-state index in [0.717, 1.165) is 71.9 Å². The normalized spacial score (nSPS) is 18.6. The number of fused-ring (bicyclic) bond motifs is 1. The number of aromatic nitrogens is 3. The van der Waals surface area contributed by atoms with Crippen LogP contribution in [-0.4, -0.2) is 38.0 Å². The first kappa shape index (κ1) is 30.9. The quantitative estimate of drug-likeness (QED) is 0.174. The summed E-state index contributed by atoms with van der Waals surface area (Å²) in [4.78, 5) is 5.07. The number of aryl methyl sites for hydroxylation is 1. The van der Waals surface area contributed by atoms with Crippen LogP contribution in [0.5, 0.6) is 0 Å². The zero-order valence-electron chi connectivity index (χ0n) is 25.1. The highest BCUT2D eigenvalue weighted by Gasteiger charge is 2.44. The maximum Gasteiger partial charge on any atom is 0.416 e. The third-order valence-electron chi connectivity index (χ3n) is 8.45. The van der Waals surface area contributed by atoms with Gasteiger partial charge in [0.25, 0.3) is 0 Å². The summed E-state index contributed by atoms with van der Waals surface area (Å²) in [5.41, 5.74) is 4.17. The Morgan fingerprint density at radius 3 is 2.26 bits per heavy atom. The van der Waals surface area contributed by atoms with E-state index in [9.17, 15) is 13.2 Å². The van der Waals surface area contributed by atoms with Crippen LogP contribution in [0.1, 0.15) is 41.8 Å². The van der Waals surface area contributed by atoms with Crippen molar-refractivity contribution in [2.24, 2.45) is 4.99 Å². The molecule has 1 atom stereocenters. The molecule has 7 rings (SSSR count). The van der Waals surface area contributed by atoms with Crippen molar-refractivity contribution in [3.8, 4) is 22.6 Å². The Hall–Kier alpha value is -3.69. The van der Waals surface area contributed by atoms with Gasteiger partial charge in [0.2, 0.25) is 12.3 Å². The van der Waals surface area contributed by atoms with E-state index < -0.39 is 18.2 Å². The van der Waals surface area contributed by atoms with Crippen LogP contribution in [0.15, 0.2) is 89.9 Å². The van der Waals surface area contributed by atoms with Gasteiger partial charge in [0.1, 0.15) is 11.0 Å². The molecule has 1 unspecified atom stereocenters. The lowest BCUT2D eigenvalue weighted by Crippen LogP contribution is -2.35. The SMILES string of the molecule is Cc1cc(-c2nn(-c3ccccc3)c3c2P(=S)(N2CCCCC2)OC(c2ccc(Cl)cc2)=N3)c(C)n1-c1cccc(C(F)(F)F)c1. The third kappa shape index (κ3) is 5.41. The van der Waals surface area contributed by atoms with Gasteiger partial charge in [0.05, 0.1) is 11.3 Å². The zero-order valence-corrected chi connectivity index (χ0v) is 27.6. The predicted molar refractivity (Wildman–Crippen MR) is 181 cm³/mol. The molecule has 2 aliphatic heterocycles. The molecule has 0 aliphatic carbocycles. The molecule has 1 saturated heterocycles. The van der Waals surface area contributed by atoms with Gasteiger partial charge in [-0.25, -0.2) is 9.35 Å². The maximum absolute atomic E-state index is 13.7. The van der Waals surface area contributed by atoms with Gasteiger partial charge in [-0.1, -0.05) is 42.3 Å². The van der Waals surface area contributed by atoms with Crippen LogP contribution in [0.3, 0.4) is 0 Å². The van der Waals surface area contributed by atoms with Gasteiger partial charge >= 0.3 is 6.18 Å². The highest BCUT2D eigenvalue weighted by atomic mass is 35.5. The van der Waals surface area contributed by atoms with Gasteiger partial charge in [-0.2, -0.15) is 23.3 Å². The average Bonchev–Trinajstić information content (AvgIpc) is 3.58. The summed E-state index contributed by atoms with van der Waals surface area (Å²) in [7, 11) is 0. The molecule has 0 amide bonds. The molecule has 1 fully saturated rings. The number of benzene rings is 3. The monoisotopic (exact) mass is 679 g/mol. The van der Waals surface area contributed by atoms with Gasteiger partial charge in [0.15, 0.2) is 5.82 Å². The lowest BCUT2D eigenvalue weighted by molar-refractivity contribution is -0.137. The van der Waals surface area contributed by atoms with Crippen molar-refractivity contribution in [2.45, 2.75) is 39.3 Å². The van der Waals surface area contributed by atoms with Crippen LogP contribution >= 0.6 is 18.0 Å². The van der Waals surface area contributed by atoms with E-state index in [1.165, 1.54) is 12.1 Å². The molecule has 0 N–H and O–H groups in total. The average molecular weight is 680 g/mol. The van der Waals surface area contributed by atoms with Crippen molar-refractivity contribution < 1.29 is 17.7 Å². The van der Waals surface area contributed by atoms with Crippen molar-refractivity contribution >= 4 is 46.8 Å². The topological polar surface area (TPSA) is 47.6 Å². The van der Waals surface area contributed by atoms with Crippen molar-refractivity contribution in [1.29, 1.82) is 0 Å². The molecular weight excluding hydrogens is 650 g/mol. The summed E-state index contributed by atoms with van der Waals surface area (Å²) < 4.78 is 53.8. The Bertz CT molecular complexity index is 2010. The van der Waals surface area contributed by atoms with E-state index in [1.807, 2.05) is 71.6 Å². The van der Waals surface area contributed by atoms with Gasteiger partial charge < -0.3 is 9.09 Å². The number of alkyl halides is 3. The van der Waals surface area contributed by atoms with Crippen LogP contribution in [0, 0.1) is 13.8 Å². The zero-order chi connectivity index (χ0) is 32.2. The molecule has 0 saturated carbocycles. The van der Waals surface area contributed by atoms with Crippen LogP contribution in [-0.2, 0) is 22.5 Å². The Balaban J connectivity index is 1.49. The second-order valence-electron chi connectivity index (χ2n) is 11.5. The van der Waals surface area contributed by atoms with E-state index in [4.69, 9.17) is 38.0 Å². The van der Waals surface area contributed by atoms with E-state index in [-0.39, 0.29) is 0 Å². The largest absolute Gasteiger partial charge is 0.431 e. The molecule has 0 radical (unpaired) electrons. The number of piperidine rings is 1. The smallest absolute Gasteiger partial charge is 0.416 e. The van der Waals surface area contributed by atoms with Crippen LogP contribution < -0.4 is 5.30 Å². The van der Waals surface area contributed by atoms with Gasteiger partial charge in [-0.3, -0.25) is 0 Å². The standard InChI is InChI=1S/C34H30ClF3N5OPS/c1-22-20-29(23(2)42(22)28-13-9-10-25(21-28)34(36,37)38)30-31-32(43(40-30)27-11-5-3-6-12-27)39-33(24-14-16-26(35)17-15-24)44-45(31,46)41-18-7-4-8-19-41/h3,5-6,9-17,20-21H,4,7-8,18-19H2,1-2H3. The van der Waals surface area contributed by atoms with E-state index in [0.29, 0.717) is 28.1 Å². The minimum atomic E-state index is -4.46. The van der Waals surface area contributed by atoms with Crippen LogP contribution in [0.25, 0.3) is 22.6 Å². The second kappa shape index (κ2) is 11.8. The minimum Gasteiger partial charge on any atom is -0.431 e. The molecule has 2 aromatic heterocycles. The van der Waals surface area contributed by atoms with Crippen molar-refractivity contribution in [3.05, 3.63) is 112 Å². The van der Waals surface area contributed by atoms with E-state index in [2.05, 4.69) is 4.67 Å². The molecule has 3 aromatic carbocycles. The first-order valence-corrected chi connectivity index (χ1v) is 18.1. The molecule has 236 valence electrons. The fourth-order valence-corrected chi connectivity index (χ4v) is 10.1.